The molecule has 0 spiro atoms. The summed E-state index contributed by atoms with van der Waals surface area (Å²) in [5.41, 5.74) is 1.92. The molecule has 4 aromatic rings. The summed E-state index contributed by atoms with van der Waals surface area (Å²) in [6.45, 7) is 4.79. The normalized spacial score (nSPS) is 10.6. The van der Waals surface area contributed by atoms with Crippen molar-refractivity contribution in [3.8, 4) is 17.1 Å². The predicted molar refractivity (Wildman–Crippen MR) is 187 cm³/mol. The first-order chi connectivity index (χ1) is 22.7. The highest BCUT2D eigenvalue weighted by atomic mass is 32.1. The van der Waals surface area contributed by atoms with Crippen LogP contribution in [0.5, 0.6) is 5.75 Å². The molecule has 2 aromatic heterocycles. The number of H-pyrrole nitrogens is 1. The molecule has 0 bridgehead atoms. The lowest BCUT2D eigenvalue weighted by Crippen LogP contribution is -2.42. The van der Waals surface area contributed by atoms with Crippen molar-refractivity contribution in [2.75, 3.05) is 31.6 Å². The first kappa shape index (κ1) is 34.7. The summed E-state index contributed by atoms with van der Waals surface area (Å²) in [5, 5.41) is 13.7. The third-order valence-corrected chi connectivity index (χ3v) is 7.07. The van der Waals surface area contributed by atoms with Gasteiger partial charge in [-0.15, -0.1) is 0 Å². The minimum absolute atomic E-state index is 0.0461. The lowest BCUT2D eigenvalue weighted by atomic mass is 10.2. The van der Waals surface area contributed by atoms with Gasteiger partial charge in [0.1, 0.15) is 17.1 Å². The molecule has 47 heavy (non-hydrogen) atoms. The maximum atomic E-state index is 13.0. The largest absolute Gasteiger partial charge is 0.484 e. The number of thiocarbonyl (C=S) groups is 2. The van der Waals surface area contributed by atoms with Gasteiger partial charge in [0.25, 0.3) is 11.5 Å². The van der Waals surface area contributed by atoms with Crippen LogP contribution in [0.4, 0.5) is 11.4 Å². The molecule has 2 heterocycles. The number of imidazole rings is 1. The Bertz CT molecular complexity index is 1890. The van der Waals surface area contributed by atoms with E-state index in [1.54, 1.807) is 48.5 Å². The molecule has 0 saturated carbocycles. The van der Waals surface area contributed by atoms with Crippen LogP contribution in [-0.2, 0) is 22.7 Å². The number of benzene rings is 2. The number of hydrogen-bond donors (Lipinski definition) is 5. The molecule has 0 saturated heterocycles. The number of aliphatic imine (C=N–C) groups is 1. The number of nitrogens with one attached hydrogen (secondary N) is 5. The number of aromatic amines is 1. The molecular formula is C31H35N9O5S2. The van der Waals surface area contributed by atoms with Gasteiger partial charge >= 0.3 is 5.69 Å². The number of isothiocyanates is 1. The molecule has 2 aromatic carbocycles. The van der Waals surface area contributed by atoms with E-state index in [0.29, 0.717) is 54.4 Å². The van der Waals surface area contributed by atoms with E-state index in [4.69, 9.17) is 17.0 Å². The quantitative estimate of drug-likeness (QED) is 0.0715. The number of hydrogen-bond acceptors (Lipinski definition) is 9. The zero-order valence-electron chi connectivity index (χ0n) is 25.9. The van der Waals surface area contributed by atoms with E-state index in [-0.39, 0.29) is 54.4 Å². The molecule has 0 atom stereocenters. The van der Waals surface area contributed by atoms with Crippen molar-refractivity contribution in [2.24, 2.45) is 4.99 Å². The highest BCUT2D eigenvalue weighted by Gasteiger charge is 2.17. The molecule has 4 rings (SSSR count). The Kier molecular flexibility index (Phi) is 12.5. The third kappa shape index (κ3) is 9.42. The van der Waals surface area contributed by atoms with Gasteiger partial charge in [-0.3, -0.25) is 23.5 Å². The Hall–Kier alpha value is -5.18. The monoisotopic (exact) mass is 677 g/mol. The number of amides is 2. The number of anilines is 1. The van der Waals surface area contributed by atoms with Crippen molar-refractivity contribution in [3.05, 3.63) is 69.4 Å². The molecule has 0 unspecified atom stereocenters. The maximum absolute atomic E-state index is 13.0. The fraction of sp³-hybridized carbons (Fsp3) is 0.323. The maximum Gasteiger partial charge on any atom is 0.332 e. The minimum Gasteiger partial charge on any atom is -0.484 e. The van der Waals surface area contributed by atoms with Gasteiger partial charge in [-0.05, 0) is 85.8 Å². The molecule has 0 aliphatic carbocycles. The van der Waals surface area contributed by atoms with Gasteiger partial charge in [0, 0.05) is 37.4 Å². The van der Waals surface area contributed by atoms with Gasteiger partial charge < -0.3 is 31.0 Å². The smallest absolute Gasteiger partial charge is 0.332 e. The van der Waals surface area contributed by atoms with Crippen LogP contribution >= 0.6 is 24.4 Å². The number of nitrogens with zero attached hydrogens (tertiary/aromatic N) is 4. The highest BCUT2D eigenvalue weighted by molar-refractivity contribution is 7.80. The molecule has 246 valence electrons. The lowest BCUT2D eigenvalue weighted by Gasteiger charge is -2.11. The summed E-state index contributed by atoms with van der Waals surface area (Å²) >= 11 is 9.78. The first-order valence-corrected chi connectivity index (χ1v) is 15.8. The number of rotatable bonds is 15. The number of fused-ring (bicyclic) bond motifs is 1. The summed E-state index contributed by atoms with van der Waals surface area (Å²) in [4.78, 5) is 61.8. The van der Waals surface area contributed by atoms with Crippen molar-refractivity contribution in [1.29, 1.82) is 0 Å². The standard InChI is InChI=1S/C31H35N9O5S2/c1-3-15-39-28-26(29(43)40(16-4-2)31(39)44)37-27(38-28)20-5-11-23(12-6-20)45-18-25(42)33-14-13-32-24(41)17-34-30(47)36-22-9-7-21(8-10-22)35-19-46/h5-12H,3-4,13-18H2,1-2H3,(H,32,41)(H,33,42)(H,37,38)(H2,34,36,47). The van der Waals surface area contributed by atoms with Gasteiger partial charge in [-0.1, -0.05) is 13.8 Å². The lowest BCUT2D eigenvalue weighted by molar-refractivity contribution is -0.123. The number of carbonyl (C=O) groups excluding carboxylic acids is 2. The van der Waals surface area contributed by atoms with Crippen molar-refractivity contribution in [2.45, 2.75) is 39.8 Å². The van der Waals surface area contributed by atoms with Crippen LogP contribution in [0.3, 0.4) is 0 Å². The molecular weight excluding hydrogens is 643 g/mol. The number of aryl methyl sites for hydroxylation is 1. The molecule has 2 amide bonds. The molecule has 0 radical (unpaired) electrons. The van der Waals surface area contributed by atoms with Crippen LogP contribution in [-0.4, -0.2) is 67.4 Å². The molecule has 0 aliphatic heterocycles. The van der Waals surface area contributed by atoms with Crippen LogP contribution in [0.25, 0.3) is 22.6 Å². The Morgan fingerprint density at radius 2 is 1.60 bits per heavy atom. The van der Waals surface area contributed by atoms with Gasteiger partial charge in [-0.25, -0.2) is 9.78 Å². The second-order valence-electron chi connectivity index (χ2n) is 10.2. The summed E-state index contributed by atoms with van der Waals surface area (Å²) in [6, 6.07) is 13.9. The molecule has 0 fully saturated rings. The Labute approximate surface area is 280 Å². The van der Waals surface area contributed by atoms with Crippen molar-refractivity contribution >= 4 is 69.1 Å². The molecule has 16 heteroatoms. The zero-order chi connectivity index (χ0) is 33.8. The van der Waals surface area contributed by atoms with E-state index in [1.165, 1.54) is 9.13 Å². The van der Waals surface area contributed by atoms with E-state index in [0.717, 1.165) is 5.69 Å². The van der Waals surface area contributed by atoms with E-state index >= 15 is 0 Å². The van der Waals surface area contributed by atoms with Gasteiger partial charge in [0.15, 0.2) is 17.4 Å². The van der Waals surface area contributed by atoms with Crippen LogP contribution < -0.4 is 37.3 Å². The van der Waals surface area contributed by atoms with Crippen molar-refractivity contribution in [1.82, 2.24) is 35.1 Å². The van der Waals surface area contributed by atoms with E-state index in [1.807, 2.05) is 13.8 Å². The summed E-state index contributed by atoms with van der Waals surface area (Å²) in [6.07, 6.45) is 1.37. The average molecular weight is 678 g/mol. The van der Waals surface area contributed by atoms with Crippen LogP contribution in [0, 0.1) is 0 Å². The molecule has 0 aliphatic rings. The van der Waals surface area contributed by atoms with Crippen LogP contribution in [0.1, 0.15) is 26.7 Å². The second kappa shape index (κ2) is 16.9. The number of carbonyl (C=O) groups is 2. The minimum atomic E-state index is -0.394. The van der Waals surface area contributed by atoms with Crippen molar-refractivity contribution in [3.63, 3.8) is 0 Å². The average Bonchev–Trinajstić information content (AvgIpc) is 3.52. The summed E-state index contributed by atoms with van der Waals surface area (Å²) < 4.78 is 8.35. The van der Waals surface area contributed by atoms with E-state index in [2.05, 4.69) is 53.6 Å². The Morgan fingerprint density at radius 1 is 0.936 bits per heavy atom. The fourth-order valence-electron chi connectivity index (χ4n) is 4.53. The first-order valence-electron chi connectivity index (χ1n) is 15.0. The zero-order valence-corrected chi connectivity index (χ0v) is 27.6. The number of aromatic nitrogens is 4. The molecule has 5 N–H and O–H groups in total. The van der Waals surface area contributed by atoms with Gasteiger partial charge in [0.2, 0.25) is 5.91 Å². The second-order valence-corrected chi connectivity index (χ2v) is 10.8. The Balaban J connectivity index is 1.20. The third-order valence-electron chi connectivity index (χ3n) is 6.73. The van der Waals surface area contributed by atoms with Gasteiger partial charge in [0.05, 0.1) is 17.4 Å². The Morgan fingerprint density at radius 3 is 2.26 bits per heavy atom. The number of ether oxygens (including phenoxy) is 1. The topological polar surface area (TPSA) is 177 Å². The summed E-state index contributed by atoms with van der Waals surface area (Å²) in [5.74, 6) is 0.245. The predicted octanol–water partition coefficient (Wildman–Crippen LogP) is 2.71. The van der Waals surface area contributed by atoms with Crippen molar-refractivity contribution < 1.29 is 14.3 Å². The van der Waals surface area contributed by atoms with E-state index < -0.39 is 5.56 Å². The SMILES string of the molecule is CCCn1c(=O)c2[nH]c(-c3ccc(OCC(=O)NCCNC(=O)CNC(=S)Nc4ccc(N=C=S)cc4)cc3)nc2n(CCC)c1=O. The van der Waals surface area contributed by atoms with Crippen LogP contribution in [0.2, 0.25) is 0 Å². The fourth-order valence-corrected chi connectivity index (χ4v) is 4.83. The van der Waals surface area contributed by atoms with Crippen LogP contribution in [0.15, 0.2) is 63.1 Å². The molecule has 14 nitrogen and oxygen atoms in total. The highest BCUT2D eigenvalue weighted by Crippen LogP contribution is 2.22. The summed E-state index contributed by atoms with van der Waals surface area (Å²) in [7, 11) is 0. The van der Waals surface area contributed by atoms with E-state index in [9.17, 15) is 19.2 Å². The van der Waals surface area contributed by atoms with Gasteiger partial charge in [-0.2, -0.15) is 4.99 Å².